The molecule has 1 aromatic rings. The first-order chi connectivity index (χ1) is 10.2. The minimum absolute atomic E-state index is 0.0124. The molecule has 0 fully saturated rings. The van der Waals surface area contributed by atoms with Gasteiger partial charge < -0.3 is 20.5 Å². The van der Waals surface area contributed by atoms with Gasteiger partial charge in [0.2, 0.25) is 5.91 Å². The van der Waals surface area contributed by atoms with E-state index in [-0.39, 0.29) is 5.91 Å². The van der Waals surface area contributed by atoms with Crippen LogP contribution in [0, 0.1) is 0 Å². The molecule has 0 aliphatic rings. The fourth-order valence-corrected chi connectivity index (χ4v) is 1.96. The second-order valence-electron chi connectivity index (χ2n) is 4.67. The van der Waals surface area contributed by atoms with Crippen LogP contribution in [0.25, 0.3) is 0 Å². The summed E-state index contributed by atoms with van der Waals surface area (Å²) < 4.78 is 11.0. The van der Waals surface area contributed by atoms with Crippen molar-refractivity contribution in [3.8, 4) is 11.5 Å². The van der Waals surface area contributed by atoms with Gasteiger partial charge in [0.25, 0.3) is 0 Å². The molecule has 118 valence electrons. The Kier molecular flexibility index (Phi) is 8.28. The van der Waals surface area contributed by atoms with E-state index in [9.17, 15) is 4.79 Å². The maximum atomic E-state index is 12.0. The molecule has 21 heavy (non-hydrogen) atoms. The van der Waals surface area contributed by atoms with E-state index in [1.165, 1.54) is 0 Å². The first kappa shape index (κ1) is 17.3. The van der Waals surface area contributed by atoms with Gasteiger partial charge in [0.1, 0.15) is 11.5 Å². The van der Waals surface area contributed by atoms with Crippen molar-refractivity contribution in [2.75, 3.05) is 25.1 Å². The highest BCUT2D eigenvalue weighted by Crippen LogP contribution is 2.29. The number of amides is 1. The van der Waals surface area contributed by atoms with Crippen molar-refractivity contribution in [3.63, 3.8) is 0 Å². The molecule has 1 aromatic carbocycles. The SMILES string of the molecule is CCOc1ccc(OCC)c(NC(=O)CCCCCN)c1. The number of hydrogen-bond donors (Lipinski definition) is 2. The zero-order valence-corrected chi connectivity index (χ0v) is 13.0. The molecule has 0 aliphatic carbocycles. The molecule has 0 bridgehead atoms. The van der Waals surface area contributed by atoms with Crippen molar-refractivity contribution in [3.05, 3.63) is 18.2 Å². The lowest BCUT2D eigenvalue weighted by atomic mass is 10.2. The second-order valence-corrected chi connectivity index (χ2v) is 4.67. The summed E-state index contributed by atoms with van der Waals surface area (Å²) in [6, 6.07) is 5.45. The van der Waals surface area contributed by atoms with Crippen LogP contribution in [0.5, 0.6) is 11.5 Å². The minimum atomic E-state index is -0.0124. The standard InChI is InChI=1S/C16H26N2O3/c1-3-20-13-9-10-15(21-4-2)14(12-13)18-16(19)8-6-5-7-11-17/h9-10,12H,3-8,11,17H2,1-2H3,(H,18,19). The van der Waals surface area contributed by atoms with Gasteiger partial charge in [-0.15, -0.1) is 0 Å². The number of carbonyl (C=O) groups excluding carboxylic acids is 1. The number of ether oxygens (including phenoxy) is 2. The molecule has 3 N–H and O–H groups in total. The number of rotatable bonds is 10. The molecular weight excluding hydrogens is 268 g/mol. The van der Waals surface area contributed by atoms with Crippen LogP contribution in [0.2, 0.25) is 0 Å². The Morgan fingerprint density at radius 3 is 2.57 bits per heavy atom. The Morgan fingerprint density at radius 2 is 1.90 bits per heavy atom. The average molecular weight is 294 g/mol. The Morgan fingerprint density at radius 1 is 1.14 bits per heavy atom. The molecule has 1 amide bonds. The van der Waals surface area contributed by atoms with E-state index in [0.717, 1.165) is 25.0 Å². The van der Waals surface area contributed by atoms with Gasteiger partial charge in [-0.25, -0.2) is 0 Å². The molecule has 0 aliphatic heterocycles. The zero-order chi connectivity index (χ0) is 15.5. The number of carbonyl (C=O) groups is 1. The lowest BCUT2D eigenvalue weighted by molar-refractivity contribution is -0.116. The predicted octanol–water partition coefficient (Wildman–Crippen LogP) is 2.94. The lowest BCUT2D eigenvalue weighted by Crippen LogP contribution is -2.12. The number of benzene rings is 1. The molecule has 0 radical (unpaired) electrons. The average Bonchev–Trinajstić information content (AvgIpc) is 2.47. The van der Waals surface area contributed by atoms with Gasteiger partial charge in [0, 0.05) is 12.5 Å². The van der Waals surface area contributed by atoms with Gasteiger partial charge in [0.15, 0.2) is 0 Å². The molecule has 0 heterocycles. The summed E-state index contributed by atoms with van der Waals surface area (Å²) in [4.78, 5) is 12.0. The highest BCUT2D eigenvalue weighted by molar-refractivity contribution is 5.92. The Balaban J connectivity index is 2.64. The molecule has 1 rings (SSSR count). The number of nitrogens with two attached hydrogens (primary N) is 1. The smallest absolute Gasteiger partial charge is 0.224 e. The van der Waals surface area contributed by atoms with Crippen LogP contribution < -0.4 is 20.5 Å². The van der Waals surface area contributed by atoms with E-state index in [1.54, 1.807) is 6.07 Å². The summed E-state index contributed by atoms with van der Waals surface area (Å²) >= 11 is 0. The molecular formula is C16H26N2O3. The lowest BCUT2D eigenvalue weighted by Gasteiger charge is -2.13. The number of nitrogens with one attached hydrogen (secondary N) is 1. The number of hydrogen-bond acceptors (Lipinski definition) is 4. The topological polar surface area (TPSA) is 73.6 Å². The van der Waals surface area contributed by atoms with E-state index in [1.807, 2.05) is 26.0 Å². The summed E-state index contributed by atoms with van der Waals surface area (Å²) in [5, 5.41) is 2.90. The Labute approximate surface area is 126 Å². The van der Waals surface area contributed by atoms with Crippen LogP contribution >= 0.6 is 0 Å². The molecule has 0 saturated carbocycles. The molecule has 5 nitrogen and oxygen atoms in total. The molecule has 5 heteroatoms. The van der Waals surface area contributed by atoms with Crippen LogP contribution in [0.3, 0.4) is 0 Å². The quantitative estimate of drug-likeness (QED) is 0.651. The van der Waals surface area contributed by atoms with Gasteiger partial charge in [-0.2, -0.15) is 0 Å². The zero-order valence-electron chi connectivity index (χ0n) is 13.0. The van der Waals surface area contributed by atoms with Crippen molar-refractivity contribution in [1.29, 1.82) is 0 Å². The summed E-state index contributed by atoms with van der Waals surface area (Å²) in [5.41, 5.74) is 6.10. The van der Waals surface area contributed by atoms with E-state index < -0.39 is 0 Å². The first-order valence-corrected chi connectivity index (χ1v) is 7.60. The van der Waals surface area contributed by atoms with Crippen LogP contribution in [0.15, 0.2) is 18.2 Å². The number of unbranched alkanes of at least 4 members (excludes halogenated alkanes) is 2. The summed E-state index contributed by atoms with van der Waals surface area (Å²) in [6.07, 6.45) is 3.26. The van der Waals surface area contributed by atoms with Gasteiger partial charge in [-0.05, 0) is 45.4 Å². The van der Waals surface area contributed by atoms with Gasteiger partial charge in [-0.3, -0.25) is 4.79 Å². The monoisotopic (exact) mass is 294 g/mol. The highest BCUT2D eigenvalue weighted by Gasteiger charge is 2.09. The van der Waals surface area contributed by atoms with Crippen LogP contribution in [-0.4, -0.2) is 25.7 Å². The maximum absolute atomic E-state index is 12.0. The van der Waals surface area contributed by atoms with Gasteiger partial charge in [0.05, 0.1) is 18.9 Å². The van der Waals surface area contributed by atoms with Crippen molar-refractivity contribution < 1.29 is 14.3 Å². The minimum Gasteiger partial charge on any atom is -0.494 e. The second kappa shape index (κ2) is 10.0. The van der Waals surface area contributed by atoms with E-state index in [2.05, 4.69) is 5.32 Å². The first-order valence-electron chi connectivity index (χ1n) is 7.60. The van der Waals surface area contributed by atoms with E-state index >= 15 is 0 Å². The van der Waals surface area contributed by atoms with E-state index in [4.69, 9.17) is 15.2 Å². The molecule has 0 aromatic heterocycles. The van der Waals surface area contributed by atoms with Crippen LogP contribution in [-0.2, 0) is 4.79 Å². The Hall–Kier alpha value is -1.75. The summed E-state index contributed by atoms with van der Waals surface area (Å²) in [5.74, 6) is 1.37. The highest BCUT2D eigenvalue weighted by atomic mass is 16.5. The third-order valence-electron chi connectivity index (χ3n) is 2.94. The Bertz CT molecular complexity index is 436. The summed E-state index contributed by atoms with van der Waals surface area (Å²) in [6.45, 7) is 5.64. The predicted molar refractivity (Wildman–Crippen MR) is 84.9 cm³/mol. The van der Waals surface area contributed by atoms with Crippen LogP contribution in [0.1, 0.15) is 39.5 Å². The fourth-order valence-electron chi connectivity index (χ4n) is 1.96. The fraction of sp³-hybridized carbons (Fsp3) is 0.562. The third kappa shape index (κ3) is 6.49. The third-order valence-corrected chi connectivity index (χ3v) is 2.94. The largest absolute Gasteiger partial charge is 0.494 e. The van der Waals surface area contributed by atoms with Gasteiger partial charge in [-0.1, -0.05) is 6.42 Å². The molecule has 0 spiro atoms. The van der Waals surface area contributed by atoms with Crippen molar-refractivity contribution >= 4 is 11.6 Å². The summed E-state index contributed by atoms with van der Waals surface area (Å²) in [7, 11) is 0. The van der Waals surface area contributed by atoms with Crippen molar-refractivity contribution in [1.82, 2.24) is 0 Å². The van der Waals surface area contributed by atoms with Crippen molar-refractivity contribution in [2.45, 2.75) is 39.5 Å². The molecule has 0 unspecified atom stereocenters. The van der Waals surface area contributed by atoms with Crippen LogP contribution in [0.4, 0.5) is 5.69 Å². The van der Waals surface area contributed by atoms with E-state index in [0.29, 0.717) is 37.6 Å². The molecule has 0 saturated heterocycles. The van der Waals surface area contributed by atoms with Gasteiger partial charge >= 0.3 is 0 Å². The normalized spacial score (nSPS) is 10.2. The van der Waals surface area contributed by atoms with Crippen molar-refractivity contribution in [2.24, 2.45) is 5.73 Å². The number of anilines is 1. The maximum Gasteiger partial charge on any atom is 0.224 e. The molecule has 0 atom stereocenters.